The van der Waals surface area contributed by atoms with Crippen LogP contribution in [0.25, 0.3) is 0 Å². The van der Waals surface area contributed by atoms with Gasteiger partial charge in [-0.1, -0.05) is 17.7 Å². The molecule has 2 aromatic carbocycles. The van der Waals surface area contributed by atoms with E-state index in [1.807, 2.05) is 18.2 Å². The first-order valence-corrected chi connectivity index (χ1v) is 7.20. The number of hydrazone groups is 1. The Labute approximate surface area is 135 Å². The van der Waals surface area contributed by atoms with Crippen LogP contribution in [0.2, 0.25) is 5.02 Å². The van der Waals surface area contributed by atoms with E-state index >= 15 is 0 Å². The summed E-state index contributed by atoms with van der Waals surface area (Å²) in [6, 6.07) is 9.68. The van der Waals surface area contributed by atoms with Crippen molar-refractivity contribution >= 4 is 23.5 Å². The predicted octanol–water partition coefficient (Wildman–Crippen LogP) is 4.42. The van der Waals surface area contributed by atoms with Gasteiger partial charge in [0.1, 0.15) is 0 Å². The molecule has 0 spiro atoms. The van der Waals surface area contributed by atoms with Gasteiger partial charge in [-0.25, -0.2) is 0 Å². The van der Waals surface area contributed by atoms with E-state index in [-0.39, 0.29) is 0 Å². The van der Waals surface area contributed by atoms with Crippen molar-refractivity contribution in [2.75, 3.05) is 19.6 Å². The highest BCUT2D eigenvalue weighted by Crippen LogP contribution is 2.35. The molecule has 0 radical (unpaired) electrons. The van der Waals surface area contributed by atoms with Gasteiger partial charge in [0.25, 0.3) is 0 Å². The van der Waals surface area contributed by atoms with Gasteiger partial charge in [0.05, 0.1) is 31.1 Å². The number of nitrogens with zero attached hydrogens (tertiary/aromatic N) is 1. The molecule has 0 saturated carbocycles. The third-order valence-corrected chi connectivity index (χ3v) is 3.65. The van der Waals surface area contributed by atoms with Gasteiger partial charge in [-0.2, -0.15) is 5.10 Å². The smallest absolute Gasteiger partial charge is 0.179 e. The number of hydrogen-bond donors (Lipinski definition) is 1. The summed E-state index contributed by atoms with van der Waals surface area (Å²) in [6.07, 6.45) is 1.68. The van der Waals surface area contributed by atoms with E-state index in [1.165, 1.54) is 11.1 Å². The second-order valence-electron chi connectivity index (χ2n) is 4.91. The first-order chi connectivity index (χ1) is 10.5. The average molecular weight is 319 g/mol. The molecule has 4 nitrogen and oxygen atoms in total. The maximum absolute atomic E-state index is 6.16. The summed E-state index contributed by atoms with van der Waals surface area (Å²) < 4.78 is 10.5. The molecule has 0 amide bonds. The number of rotatable bonds is 5. The fraction of sp³-hybridized carbons (Fsp3) is 0.235. The van der Waals surface area contributed by atoms with E-state index in [2.05, 4.69) is 30.4 Å². The molecule has 116 valence electrons. The lowest BCUT2D eigenvalue weighted by atomic mass is 10.1. The molecule has 0 saturated heterocycles. The van der Waals surface area contributed by atoms with E-state index < -0.39 is 0 Å². The van der Waals surface area contributed by atoms with Crippen molar-refractivity contribution < 1.29 is 9.47 Å². The zero-order chi connectivity index (χ0) is 16.1. The van der Waals surface area contributed by atoms with Gasteiger partial charge < -0.3 is 9.47 Å². The Morgan fingerprint density at radius 1 is 1.05 bits per heavy atom. The molecular formula is C17H19ClN2O2. The Balaban J connectivity index is 2.16. The second kappa shape index (κ2) is 7.18. The average Bonchev–Trinajstić information content (AvgIpc) is 2.50. The molecule has 0 aliphatic carbocycles. The maximum Gasteiger partial charge on any atom is 0.179 e. The molecule has 22 heavy (non-hydrogen) atoms. The molecule has 0 atom stereocenters. The normalized spacial score (nSPS) is 10.8. The van der Waals surface area contributed by atoms with Gasteiger partial charge >= 0.3 is 0 Å². The van der Waals surface area contributed by atoms with E-state index in [1.54, 1.807) is 26.5 Å². The number of aryl methyl sites for hydroxylation is 2. The second-order valence-corrected chi connectivity index (χ2v) is 5.31. The van der Waals surface area contributed by atoms with Crippen LogP contribution >= 0.6 is 11.6 Å². The number of ether oxygens (including phenoxy) is 2. The van der Waals surface area contributed by atoms with Crippen LogP contribution in [0.5, 0.6) is 11.5 Å². The Kier molecular flexibility index (Phi) is 5.28. The van der Waals surface area contributed by atoms with Crippen LogP contribution in [-0.2, 0) is 0 Å². The number of anilines is 1. The van der Waals surface area contributed by atoms with Crippen molar-refractivity contribution in [3.05, 3.63) is 52.0 Å². The number of halogens is 1. The fourth-order valence-electron chi connectivity index (χ4n) is 2.00. The number of benzene rings is 2. The van der Waals surface area contributed by atoms with Crippen molar-refractivity contribution in [1.29, 1.82) is 0 Å². The predicted molar refractivity (Wildman–Crippen MR) is 91.7 cm³/mol. The Morgan fingerprint density at radius 2 is 1.82 bits per heavy atom. The zero-order valence-electron chi connectivity index (χ0n) is 13.1. The van der Waals surface area contributed by atoms with E-state index in [0.29, 0.717) is 16.5 Å². The van der Waals surface area contributed by atoms with Crippen molar-refractivity contribution in [2.45, 2.75) is 13.8 Å². The van der Waals surface area contributed by atoms with Crippen molar-refractivity contribution in [3.63, 3.8) is 0 Å². The van der Waals surface area contributed by atoms with Crippen molar-refractivity contribution in [1.82, 2.24) is 0 Å². The third-order valence-electron chi connectivity index (χ3n) is 3.37. The Hall–Kier alpha value is -2.20. The molecule has 1 N–H and O–H groups in total. The topological polar surface area (TPSA) is 42.8 Å². The molecule has 0 heterocycles. The molecule has 0 bridgehead atoms. The zero-order valence-corrected chi connectivity index (χ0v) is 13.9. The quantitative estimate of drug-likeness (QED) is 0.655. The highest BCUT2D eigenvalue weighted by atomic mass is 35.5. The molecule has 2 aromatic rings. The van der Waals surface area contributed by atoms with Gasteiger partial charge in [0.15, 0.2) is 11.5 Å². The molecule has 0 aromatic heterocycles. The van der Waals surface area contributed by atoms with Gasteiger partial charge in [-0.3, -0.25) is 5.43 Å². The summed E-state index contributed by atoms with van der Waals surface area (Å²) in [5, 5.41) is 4.71. The summed E-state index contributed by atoms with van der Waals surface area (Å²) in [4.78, 5) is 0. The molecule has 0 unspecified atom stereocenters. The number of methoxy groups -OCH3 is 2. The molecule has 0 aliphatic rings. The highest BCUT2D eigenvalue weighted by molar-refractivity contribution is 6.32. The molecule has 0 aliphatic heterocycles. The van der Waals surface area contributed by atoms with E-state index in [4.69, 9.17) is 21.1 Å². The summed E-state index contributed by atoms with van der Waals surface area (Å²) >= 11 is 6.16. The lowest BCUT2D eigenvalue weighted by Gasteiger charge is -2.10. The van der Waals surface area contributed by atoms with Crippen molar-refractivity contribution in [3.8, 4) is 11.5 Å². The Bertz CT molecular complexity index is 699. The van der Waals surface area contributed by atoms with Crippen LogP contribution in [-0.4, -0.2) is 20.4 Å². The minimum atomic E-state index is 0.481. The van der Waals surface area contributed by atoms with Gasteiger partial charge in [-0.05, 0) is 54.8 Å². The largest absolute Gasteiger partial charge is 0.493 e. The Morgan fingerprint density at radius 3 is 2.45 bits per heavy atom. The van der Waals surface area contributed by atoms with E-state index in [0.717, 1.165) is 11.3 Å². The van der Waals surface area contributed by atoms with Crippen LogP contribution in [0.15, 0.2) is 35.4 Å². The fourth-order valence-corrected chi connectivity index (χ4v) is 2.30. The lowest BCUT2D eigenvalue weighted by Crippen LogP contribution is -1.95. The number of nitrogens with one attached hydrogen (secondary N) is 1. The van der Waals surface area contributed by atoms with Crippen LogP contribution in [0.1, 0.15) is 16.7 Å². The molecule has 5 heteroatoms. The summed E-state index contributed by atoms with van der Waals surface area (Å²) in [5.41, 5.74) is 7.22. The first-order valence-electron chi connectivity index (χ1n) is 6.83. The maximum atomic E-state index is 6.16. The minimum Gasteiger partial charge on any atom is -0.493 e. The van der Waals surface area contributed by atoms with E-state index in [9.17, 15) is 0 Å². The first kappa shape index (κ1) is 16.2. The number of hydrogen-bond acceptors (Lipinski definition) is 4. The molecule has 0 fully saturated rings. The minimum absolute atomic E-state index is 0.481. The third kappa shape index (κ3) is 3.71. The van der Waals surface area contributed by atoms with Crippen LogP contribution in [0, 0.1) is 13.8 Å². The van der Waals surface area contributed by atoms with Crippen LogP contribution in [0.4, 0.5) is 5.69 Å². The monoisotopic (exact) mass is 318 g/mol. The highest BCUT2D eigenvalue weighted by Gasteiger charge is 2.09. The van der Waals surface area contributed by atoms with Crippen molar-refractivity contribution in [2.24, 2.45) is 5.10 Å². The summed E-state index contributed by atoms with van der Waals surface area (Å²) in [7, 11) is 3.13. The summed E-state index contributed by atoms with van der Waals surface area (Å²) in [5.74, 6) is 1.09. The van der Waals surface area contributed by atoms with Crippen LogP contribution < -0.4 is 14.9 Å². The summed E-state index contributed by atoms with van der Waals surface area (Å²) in [6.45, 7) is 4.15. The van der Waals surface area contributed by atoms with Crippen LogP contribution in [0.3, 0.4) is 0 Å². The SMILES string of the molecule is COc1cc(/C=N/Nc2ccc(C)c(C)c2)cc(Cl)c1OC. The molecule has 2 rings (SSSR count). The van der Waals surface area contributed by atoms with Gasteiger partial charge in [0.2, 0.25) is 0 Å². The van der Waals surface area contributed by atoms with Gasteiger partial charge in [0, 0.05) is 0 Å². The van der Waals surface area contributed by atoms with Gasteiger partial charge in [-0.15, -0.1) is 0 Å². The molecular weight excluding hydrogens is 300 g/mol. The lowest BCUT2D eigenvalue weighted by molar-refractivity contribution is 0.355. The standard InChI is InChI=1S/C17H19ClN2O2/c1-11-5-6-14(7-12(11)2)20-19-10-13-8-15(18)17(22-4)16(9-13)21-3/h5-10,20H,1-4H3/b19-10+.